The van der Waals surface area contributed by atoms with Gasteiger partial charge in [-0.25, -0.2) is 8.78 Å². The summed E-state index contributed by atoms with van der Waals surface area (Å²) in [6.45, 7) is 0. The Morgan fingerprint density at radius 1 is 1.35 bits per heavy atom. The Bertz CT molecular complexity index is 705. The molecule has 1 amide bonds. The van der Waals surface area contributed by atoms with Crippen LogP contribution in [-0.4, -0.2) is 21.0 Å². The summed E-state index contributed by atoms with van der Waals surface area (Å²) >= 11 is 0.818. The molecule has 1 aromatic carbocycles. The zero-order valence-corrected chi connectivity index (χ0v) is 10.3. The number of hydrogen-bond acceptors (Lipinski definition) is 7. The lowest BCUT2D eigenvalue weighted by molar-refractivity contribution is -0.385. The molecule has 0 aliphatic carbocycles. The number of hydrogen-bond donors (Lipinski definition) is 2. The highest BCUT2D eigenvalue weighted by Gasteiger charge is 2.24. The van der Waals surface area contributed by atoms with Gasteiger partial charge in [0.15, 0.2) is 11.6 Å². The zero-order chi connectivity index (χ0) is 14.9. The van der Waals surface area contributed by atoms with Gasteiger partial charge >= 0.3 is 0 Å². The number of aromatic nitrogens is 2. The summed E-state index contributed by atoms with van der Waals surface area (Å²) < 4.78 is 26.1. The molecule has 0 fully saturated rings. The van der Waals surface area contributed by atoms with Crippen LogP contribution in [0.2, 0.25) is 0 Å². The van der Waals surface area contributed by atoms with Gasteiger partial charge in [0.1, 0.15) is 5.56 Å². The van der Waals surface area contributed by atoms with E-state index in [2.05, 4.69) is 15.5 Å². The summed E-state index contributed by atoms with van der Waals surface area (Å²) in [4.78, 5) is 21.5. The van der Waals surface area contributed by atoms with Crippen molar-refractivity contribution in [1.82, 2.24) is 10.2 Å². The van der Waals surface area contributed by atoms with Crippen LogP contribution < -0.4 is 11.1 Å². The highest BCUT2D eigenvalue weighted by atomic mass is 32.1. The van der Waals surface area contributed by atoms with Gasteiger partial charge in [-0.15, -0.1) is 10.2 Å². The summed E-state index contributed by atoms with van der Waals surface area (Å²) in [5.41, 5.74) is 3.79. The smallest absolute Gasteiger partial charge is 0.285 e. The topological polar surface area (TPSA) is 124 Å². The zero-order valence-electron chi connectivity index (χ0n) is 9.46. The van der Waals surface area contributed by atoms with Crippen molar-refractivity contribution in [3.63, 3.8) is 0 Å². The first-order valence-electron chi connectivity index (χ1n) is 4.92. The molecule has 2 aromatic rings. The number of rotatable bonds is 3. The molecule has 0 spiro atoms. The Kier molecular flexibility index (Phi) is 3.52. The maximum atomic E-state index is 13.1. The molecule has 0 saturated heterocycles. The van der Waals surface area contributed by atoms with Crippen LogP contribution in [0, 0.1) is 21.7 Å². The van der Waals surface area contributed by atoms with E-state index >= 15 is 0 Å². The largest absolute Gasteiger partial charge is 0.374 e. The second-order valence-corrected chi connectivity index (χ2v) is 4.45. The SMILES string of the molecule is Nc1nnc(NC(=O)c2cc(F)c(F)cc2[N+](=O)[O-])s1. The standard InChI is InChI=1S/C9H5F2N5O3S/c10-4-1-3(6(16(18)19)2-5(4)11)7(17)13-9-15-14-8(12)20-9/h1-2H,(H2,12,14)(H,13,15,17). The number of nitrogen functional groups attached to an aromatic ring is 1. The number of carbonyl (C=O) groups is 1. The van der Waals surface area contributed by atoms with Crippen LogP contribution in [0.25, 0.3) is 0 Å². The number of anilines is 2. The van der Waals surface area contributed by atoms with E-state index in [-0.39, 0.29) is 10.3 Å². The molecule has 0 atom stereocenters. The number of nitro groups is 1. The van der Waals surface area contributed by atoms with Gasteiger partial charge in [-0.05, 0) is 6.07 Å². The number of carbonyl (C=O) groups excluding carboxylic acids is 1. The molecule has 0 bridgehead atoms. The normalized spacial score (nSPS) is 10.3. The minimum atomic E-state index is -1.42. The highest BCUT2D eigenvalue weighted by molar-refractivity contribution is 7.19. The third-order valence-electron chi connectivity index (χ3n) is 2.14. The first-order valence-corrected chi connectivity index (χ1v) is 5.74. The molecule has 0 unspecified atom stereocenters. The predicted molar refractivity (Wildman–Crippen MR) is 65.3 cm³/mol. The van der Waals surface area contributed by atoms with Crippen molar-refractivity contribution in [3.8, 4) is 0 Å². The Morgan fingerprint density at radius 2 is 2.00 bits per heavy atom. The second-order valence-electron chi connectivity index (χ2n) is 3.44. The molecule has 1 aromatic heterocycles. The number of nitrogens with one attached hydrogen (secondary N) is 1. The van der Waals surface area contributed by atoms with E-state index in [9.17, 15) is 23.7 Å². The predicted octanol–water partition coefficient (Wildman–Crippen LogP) is 1.56. The minimum Gasteiger partial charge on any atom is -0.374 e. The molecule has 0 radical (unpaired) electrons. The molecule has 0 saturated carbocycles. The molecule has 0 aliphatic rings. The van der Waals surface area contributed by atoms with Crippen molar-refractivity contribution in [2.45, 2.75) is 0 Å². The average Bonchev–Trinajstić information content (AvgIpc) is 2.77. The van der Waals surface area contributed by atoms with Crippen molar-refractivity contribution >= 4 is 33.2 Å². The number of halogens is 2. The van der Waals surface area contributed by atoms with Crippen LogP contribution in [-0.2, 0) is 0 Å². The third-order valence-corrected chi connectivity index (χ3v) is 2.81. The van der Waals surface area contributed by atoms with E-state index < -0.39 is 33.7 Å². The number of nitrogens with two attached hydrogens (primary N) is 1. The summed E-state index contributed by atoms with van der Waals surface area (Å²) in [6, 6.07) is 0.770. The second kappa shape index (κ2) is 5.13. The summed E-state index contributed by atoms with van der Waals surface area (Å²) in [5, 5.41) is 19.8. The van der Waals surface area contributed by atoms with E-state index in [1.807, 2.05) is 0 Å². The van der Waals surface area contributed by atoms with Crippen LogP contribution in [0.3, 0.4) is 0 Å². The van der Waals surface area contributed by atoms with Gasteiger partial charge < -0.3 is 5.73 Å². The van der Waals surface area contributed by atoms with Crippen molar-refractivity contribution in [2.24, 2.45) is 0 Å². The monoisotopic (exact) mass is 301 g/mol. The van der Waals surface area contributed by atoms with Crippen LogP contribution >= 0.6 is 11.3 Å². The molecule has 20 heavy (non-hydrogen) atoms. The molecule has 11 heteroatoms. The molecular weight excluding hydrogens is 296 g/mol. The van der Waals surface area contributed by atoms with E-state index in [4.69, 9.17) is 5.73 Å². The van der Waals surface area contributed by atoms with Gasteiger partial charge in [-0.2, -0.15) is 0 Å². The summed E-state index contributed by atoms with van der Waals surface area (Å²) in [6.07, 6.45) is 0. The van der Waals surface area contributed by atoms with Gasteiger partial charge in [0.25, 0.3) is 11.6 Å². The fraction of sp³-hybridized carbons (Fsp3) is 0. The number of benzene rings is 1. The molecule has 1 heterocycles. The van der Waals surface area contributed by atoms with Crippen molar-refractivity contribution < 1.29 is 18.5 Å². The Morgan fingerprint density at radius 3 is 2.55 bits per heavy atom. The molecule has 0 aliphatic heterocycles. The van der Waals surface area contributed by atoms with E-state index in [0.29, 0.717) is 12.1 Å². The first-order chi connectivity index (χ1) is 9.38. The lowest BCUT2D eigenvalue weighted by atomic mass is 10.1. The van der Waals surface area contributed by atoms with E-state index in [0.717, 1.165) is 11.3 Å². The number of amides is 1. The number of nitro benzene ring substituents is 1. The fourth-order valence-corrected chi connectivity index (χ4v) is 1.82. The van der Waals surface area contributed by atoms with Gasteiger partial charge in [0, 0.05) is 0 Å². The van der Waals surface area contributed by atoms with Crippen molar-refractivity contribution in [2.75, 3.05) is 11.1 Å². The van der Waals surface area contributed by atoms with E-state index in [1.54, 1.807) is 0 Å². The average molecular weight is 301 g/mol. The molecule has 2 rings (SSSR count). The molecule has 104 valence electrons. The van der Waals surface area contributed by atoms with Gasteiger partial charge in [-0.3, -0.25) is 20.2 Å². The summed E-state index contributed by atoms with van der Waals surface area (Å²) in [5.74, 6) is -3.82. The Balaban J connectivity index is 2.38. The van der Waals surface area contributed by atoms with Crippen LogP contribution in [0.5, 0.6) is 0 Å². The Labute approximate surface area is 113 Å². The van der Waals surface area contributed by atoms with Gasteiger partial charge in [0.2, 0.25) is 10.3 Å². The first kappa shape index (κ1) is 13.7. The van der Waals surface area contributed by atoms with Crippen LogP contribution in [0.1, 0.15) is 10.4 Å². The maximum absolute atomic E-state index is 13.1. The molecule has 8 nitrogen and oxygen atoms in total. The maximum Gasteiger partial charge on any atom is 0.285 e. The fourth-order valence-electron chi connectivity index (χ4n) is 1.32. The number of nitrogens with zero attached hydrogens (tertiary/aromatic N) is 3. The van der Waals surface area contributed by atoms with Gasteiger partial charge in [0.05, 0.1) is 11.0 Å². The van der Waals surface area contributed by atoms with Crippen LogP contribution in [0.15, 0.2) is 12.1 Å². The highest BCUT2D eigenvalue weighted by Crippen LogP contribution is 2.24. The van der Waals surface area contributed by atoms with Gasteiger partial charge in [-0.1, -0.05) is 11.3 Å². The third kappa shape index (κ3) is 2.66. The quantitative estimate of drug-likeness (QED) is 0.654. The Hall–Kier alpha value is -2.69. The summed E-state index contributed by atoms with van der Waals surface area (Å²) in [7, 11) is 0. The lowest BCUT2D eigenvalue weighted by Crippen LogP contribution is -2.14. The van der Waals surface area contributed by atoms with Crippen molar-refractivity contribution in [3.05, 3.63) is 39.4 Å². The molecule has 3 N–H and O–H groups in total. The van der Waals surface area contributed by atoms with E-state index in [1.165, 1.54) is 0 Å². The van der Waals surface area contributed by atoms with Crippen molar-refractivity contribution in [1.29, 1.82) is 0 Å². The minimum absolute atomic E-state index is 0.0217. The molecular formula is C9H5F2N5O3S. The lowest BCUT2D eigenvalue weighted by Gasteiger charge is -2.03. The van der Waals surface area contributed by atoms with Crippen LogP contribution in [0.4, 0.5) is 24.7 Å².